The van der Waals surface area contributed by atoms with E-state index in [1.54, 1.807) is 0 Å². The Morgan fingerprint density at radius 3 is 2.50 bits per heavy atom. The van der Waals surface area contributed by atoms with Crippen molar-refractivity contribution in [1.29, 1.82) is 0 Å². The average molecular weight is 265 g/mol. The SMILES string of the molecule is CC1CNC(c2ccc(C(C)C)cc2)CS(=O)C1. The van der Waals surface area contributed by atoms with Crippen LogP contribution in [0.25, 0.3) is 0 Å². The van der Waals surface area contributed by atoms with Gasteiger partial charge in [-0.25, -0.2) is 0 Å². The zero-order valence-electron chi connectivity index (χ0n) is 11.5. The molecule has 100 valence electrons. The van der Waals surface area contributed by atoms with Crippen molar-refractivity contribution >= 4 is 10.8 Å². The molecule has 1 aromatic carbocycles. The Kier molecular flexibility index (Phi) is 4.57. The van der Waals surface area contributed by atoms with Gasteiger partial charge in [-0.05, 0) is 29.5 Å². The molecule has 2 nitrogen and oxygen atoms in total. The van der Waals surface area contributed by atoms with E-state index in [1.165, 1.54) is 11.1 Å². The monoisotopic (exact) mass is 265 g/mol. The molecular weight excluding hydrogens is 242 g/mol. The molecular formula is C15H23NOS. The third kappa shape index (κ3) is 3.42. The number of benzene rings is 1. The first kappa shape index (κ1) is 13.8. The lowest BCUT2D eigenvalue weighted by atomic mass is 9.99. The van der Waals surface area contributed by atoms with Crippen LogP contribution in [0.1, 0.15) is 43.9 Å². The summed E-state index contributed by atoms with van der Waals surface area (Å²) in [4.78, 5) is 0. The van der Waals surface area contributed by atoms with Gasteiger partial charge in [-0.3, -0.25) is 4.21 Å². The van der Waals surface area contributed by atoms with Gasteiger partial charge in [0.2, 0.25) is 0 Å². The Morgan fingerprint density at radius 1 is 1.22 bits per heavy atom. The number of hydrogen-bond acceptors (Lipinski definition) is 2. The molecule has 0 aliphatic carbocycles. The minimum Gasteiger partial charge on any atom is -0.309 e. The number of nitrogens with one attached hydrogen (secondary N) is 1. The maximum Gasteiger partial charge on any atom is 0.0436 e. The highest BCUT2D eigenvalue weighted by Gasteiger charge is 2.21. The van der Waals surface area contributed by atoms with Crippen LogP contribution in [0.2, 0.25) is 0 Å². The molecule has 1 N–H and O–H groups in total. The standard InChI is InChI=1S/C15H23NOS/c1-11(2)13-4-6-14(7-5-13)15-10-18(17)9-12(3)8-16-15/h4-7,11-12,15-16H,8-10H2,1-3H3. The van der Waals surface area contributed by atoms with Crippen LogP contribution < -0.4 is 5.32 Å². The molecule has 2 rings (SSSR count). The average Bonchev–Trinajstić information content (AvgIpc) is 2.50. The Morgan fingerprint density at radius 2 is 1.89 bits per heavy atom. The number of hydrogen-bond donors (Lipinski definition) is 1. The molecule has 3 unspecified atom stereocenters. The van der Waals surface area contributed by atoms with Crippen LogP contribution in [0.3, 0.4) is 0 Å². The highest BCUT2D eigenvalue weighted by atomic mass is 32.2. The highest BCUT2D eigenvalue weighted by molar-refractivity contribution is 7.85. The zero-order valence-corrected chi connectivity index (χ0v) is 12.3. The van der Waals surface area contributed by atoms with E-state index in [2.05, 4.69) is 50.4 Å². The van der Waals surface area contributed by atoms with Gasteiger partial charge in [0.05, 0.1) is 0 Å². The summed E-state index contributed by atoms with van der Waals surface area (Å²) in [6.07, 6.45) is 0. The van der Waals surface area contributed by atoms with E-state index in [-0.39, 0.29) is 6.04 Å². The smallest absolute Gasteiger partial charge is 0.0436 e. The fourth-order valence-electron chi connectivity index (χ4n) is 2.36. The van der Waals surface area contributed by atoms with Gasteiger partial charge in [0.25, 0.3) is 0 Å². The van der Waals surface area contributed by atoms with Gasteiger partial charge >= 0.3 is 0 Å². The normalized spacial score (nSPS) is 29.2. The van der Waals surface area contributed by atoms with Crippen molar-refractivity contribution < 1.29 is 4.21 Å². The van der Waals surface area contributed by atoms with E-state index in [0.717, 1.165) is 18.1 Å². The van der Waals surface area contributed by atoms with Crippen LogP contribution in [0.4, 0.5) is 0 Å². The van der Waals surface area contributed by atoms with E-state index in [9.17, 15) is 4.21 Å². The minimum absolute atomic E-state index is 0.247. The van der Waals surface area contributed by atoms with Crippen molar-refractivity contribution in [3.05, 3.63) is 35.4 Å². The molecule has 3 heteroatoms. The van der Waals surface area contributed by atoms with Crippen LogP contribution in [0.5, 0.6) is 0 Å². The summed E-state index contributed by atoms with van der Waals surface area (Å²) in [5, 5.41) is 3.53. The molecule has 1 saturated heterocycles. The van der Waals surface area contributed by atoms with Gasteiger partial charge in [0.1, 0.15) is 0 Å². The molecule has 3 atom stereocenters. The van der Waals surface area contributed by atoms with Gasteiger partial charge in [-0.15, -0.1) is 0 Å². The summed E-state index contributed by atoms with van der Waals surface area (Å²) in [5.41, 5.74) is 2.63. The minimum atomic E-state index is -0.695. The second kappa shape index (κ2) is 5.98. The van der Waals surface area contributed by atoms with Gasteiger partial charge in [-0.1, -0.05) is 45.0 Å². The fraction of sp³-hybridized carbons (Fsp3) is 0.600. The van der Waals surface area contributed by atoms with Crippen LogP contribution in [0.15, 0.2) is 24.3 Å². The summed E-state index contributed by atoms with van der Waals surface area (Å²) < 4.78 is 11.9. The van der Waals surface area contributed by atoms with Gasteiger partial charge in [0.15, 0.2) is 0 Å². The predicted molar refractivity (Wildman–Crippen MR) is 78.3 cm³/mol. The Bertz CT molecular complexity index is 413. The second-order valence-corrected chi connectivity index (χ2v) is 7.21. The molecule has 1 aliphatic rings. The summed E-state index contributed by atoms with van der Waals surface area (Å²) in [6.45, 7) is 7.53. The van der Waals surface area contributed by atoms with Crippen LogP contribution >= 0.6 is 0 Å². The van der Waals surface area contributed by atoms with Gasteiger partial charge in [0, 0.05) is 28.3 Å². The quantitative estimate of drug-likeness (QED) is 0.891. The van der Waals surface area contributed by atoms with Crippen LogP contribution in [0, 0.1) is 5.92 Å². The van der Waals surface area contributed by atoms with Crippen molar-refractivity contribution in [3.63, 3.8) is 0 Å². The second-order valence-electron chi connectivity index (χ2n) is 5.66. The first-order valence-electron chi connectivity index (χ1n) is 6.74. The van der Waals surface area contributed by atoms with Crippen molar-refractivity contribution in [3.8, 4) is 0 Å². The Labute approximate surface area is 113 Å². The summed E-state index contributed by atoms with van der Waals surface area (Å²) in [6, 6.07) is 9.00. The summed E-state index contributed by atoms with van der Waals surface area (Å²) in [7, 11) is -0.695. The third-order valence-electron chi connectivity index (χ3n) is 3.54. The first-order valence-corrected chi connectivity index (χ1v) is 8.23. The molecule has 0 spiro atoms. The maximum atomic E-state index is 11.9. The van der Waals surface area contributed by atoms with Crippen LogP contribution in [-0.2, 0) is 10.8 Å². The Balaban J connectivity index is 2.12. The molecule has 18 heavy (non-hydrogen) atoms. The lowest BCUT2D eigenvalue weighted by molar-refractivity contribution is 0.517. The molecule has 1 heterocycles. The molecule has 1 aliphatic heterocycles. The topological polar surface area (TPSA) is 29.1 Å². The molecule has 0 radical (unpaired) electrons. The van der Waals surface area contributed by atoms with E-state index < -0.39 is 10.8 Å². The molecule has 1 aromatic rings. The van der Waals surface area contributed by atoms with E-state index in [0.29, 0.717) is 11.8 Å². The fourth-order valence-corrected chi connectivity index (χ4v) is 3.93. The molecule has 0 amide bonds. The van der Waals surface area contributed by atoms with Crippen LogP contribution in [-0.4, -0.2) is 22.3 Å². The summed E-state index contributed by atoms with van der Waals surface area (Å²) in [5.74, 6) is 2.64. The zero-order chi connectivity index (χ0) is 13.1. The van der Waals surface area contributed by atoms with E-state index in [1.807, 2.05) is 0 Å². The van der Waals surface area contributed by atoms with E-state index >= 15 is 0 Å². The van der Waals surface area contributed by atoms with Crippen molar-refractivity contribution in [1.82, 2.24) is 5.32 Å². The number of rotatable bonds is 2. The van der Waals surface area contributed by atoms with Gasteiger partial charge < -0.3 is 5.32 Å². The van der Waals surface area contributed by atoms with Gasteiger partial charge in [-0.2, -0.15) is 0 Å². The van der Waals surface area contributed by atoms with Crippen molar-refractivity contribution in [2.45, 2.75) is 32.7 Å². The van der Waals surface area contributed by atoms with Crippen molar-refractivity contribution in [2.75, 3.05) is 18.1 Å². The molecule has 0 saturated carbocycles. The van der Waals surface area contributed by atoms with E-state index in [4.69, 9.17) is 0 Å². The van der Waals surface area contributed by atoms with Crippen molar-refractivity contribution in [2.24, 2.45) is 5.92 Å². The largest absolute Gasteiger partial charge is 0.309 e. The molecule has 0 aromatic heterocycles. The third-order valence-corrected chi connectivity index (χ3v) is 5.19. The lowest BCUT2D eigenvalue weighted by Gasteiger charge is -2.17. The first-order chi connectivity index (χ1) is 8.56. The lowest BCUT2D eigenvalue weighted by Crippen LogP contribution is -2.25. The highest BCUT2D eigenvalue weighted by Crippen LogP contribution is 2.21. The Hall–Kier alpha value is -0.670. The summed E-state index contributed by atoms with van der Waals surface area (Å²) >= 11 is 0. The maximum absolute atomic E-state index is 11.9. The molecule has 0 bridgehead atoms. The molecule has 1 fully saturated rings. The predicted octanol–water partition coefficient (Wildman–Crippen LogP) is 2.84.